The molecule has 2 aliphatic rings. The highest BCUT2D eigenvalue weighted by atomic mass is 35.5. The first-order valence-electron chi connectivity index (χ1n) is 11.9. The van der Waals surface area contributed by atoms with Gasteiger partial charge in [0.2, 0.25) is 5.13 Å². The van der Waals surface area contributed by atoms with Crippen molar-refractivity contribution < 1.29 is 47.9 Å². The van der Waals surface area contributed by atoms with Crippen molar-refractivity contribution in [3.8, 4) is 17.2 Å². The summed E-state index contributed by atoms with van der Waals surface area (Å²) in [6.07, 6.45) is 3.23. The van der Waals surface area contributed by atoms with E-state index in [2.05, 4.69) is 10.1 Å². The fourth-order valence-electron chi connectivity index (χ4n) is 3.79. The summed E-state index contributed by atoms with van der Waals surface area (Å²) in [5.74, 6) is -4.35. The molecule has 0 fully saturated rings. The van der Waals surface area contributed by atoms with Crippen LogP contribution in [0.15, 0.2) is 53.7 Å². The summed E-state index contributed by atoms with van der Waals surface area (Å²) >= 11 is 7.35. The molecule has 2 aliphatic heterocycles. The van der Waals surface area contributed by atoms with Gasteiger partial charge in [-0.05, 0) is 41.9 Å². The van der Waals surface area contributed by atoms with Crippen molar-refractivity contribution in [1.82, 2.24) is 10.0 Å². The maximum atomic E-state index is 12.7. The van der Waals surface area contributed by atoms with Crippen LogP contribution in [0.5, 0.6) is 17.2 Å². The number of aromatic nitrogens is 1. The van der Waals surface area contributed by atoms with Gasteiger partial charge in [-0.3, -0.25) is 0 Å². The summed E-state index contributed by atoms with van der Waals surface area (Å²) in [6.45, 7) is 1.40. The third kappa shape index (κ3) is 5.82. The Kier molecular flexibility index (Phi) is 7.95. The largest absolute Gasteiger partial charge is 0.496 e. The molecular formula is C26H19ClN4O10S. The molecule has 2 bridgehead atoms. The van der Waals surface area contributed by atoms with Crippen molar-refractivity contribution in [1.29, 1.82) is 0 Å². The van der Waals surface area contributed by atoms with E-state index in [0.29, 0.717) is 15.2 Å². The van der Waals surface area contributed by atoms with Crippen LogP contribution in [0, 0.1) is 6.92 Å². The third-order valence-corrected chi connectivity index (χ3v) is 7.06. The number of hydrogen-bond acceptors (Lipinski definition) is 15. The zero-order chi connectivity index (χ0) is 30.0. The van der Waals surface area contributed by atoms with Gasteiger partial charge in [0.1, 0.15) is 5.75 Å². The molecule has 16 heteroatoms. The predicted molar refractivity (Wildman–Crippen MR) is 147 cm³/mol. The van der Waals surface area contributed by atoms with E-state index in [0.717, 1.165) is 51.3 Å². The molecule has 14 nitrogen and oxygen atoms in total. The number of guanidine groups is 1. The number of oxime groups is 1. The lowest BCUT2D eigenvalue weighted by molar-refractivity contribution is -0.169. The van der Waals surface area contributed by atoms with Gasteiger partial charge in [-0.15, -0.1) is 5.06 Å². The van der Waals surface area contributed by atoms with Gasteiger partial charge in [-0.2, -0.15) is 5.06 Å². The van der Waals surface area contributed by atoms with Gasteiger partial charge in [0.05, 0.1) is 36.5 Å². The number of thiazole rings is 1. The van der Waals surface area contributed by atoms with Crippen LogP contribution in [0.3, 0.4) is 0 Å². The topological polar surface area (TPSA) is 155 Å². The zero-order valence-corrected chi connectivity index (χ0v) is 23.6. The van der Waals surface area contributed by atoms with Gasteiger partial charge in [0.15, 0.2) is 11.5 Å². The summed E-state index contributed by atoms with van der Waals surface area (Å²) < 4.78 is 17.0. The second kappa shape index (κ2) is 11.8. The molecule has 0 amide bonds. The number of ether oxygens (including phenoxy) is 3. The van der Waals surface area contributed by atoms with Crippen LogP contribution in [0.4, 0.5) is 5.13 Å². The Balaban J connectivity index is 1.73. The average molecular weight is 615 g/mol. The first kappa shape index (κ1) is 28.4. The molecule has 0 atom stereocenters. The van der Waals surface area contributed by atoms with Crippen molar-refractivity contribution in [3.63, 3.8) is 0 Å². The SMILES string of the molecule is COc1ccc2c(OC)c1CN1OC(=O)/C=C/C(=O)ON(c3nc4cc(Cl)c(C)cc4s3)/C1=N\OC(=O)/C=C/C(=O)O2. The molecular weight excluding hydrogens is 596 g/mol. The number of anilines is 1. The molecule has 0 saturated carbocycles. The van der Waals surface area contributed by atoms with E-state index in [4.69, 9.17) is 40.3 Å². The highest BCUT2D eigenvalue weighted by Crippen LogP contribution is 2.39. The van der Waals surface area contributed by atoms with E-state index in [-0.39, 0.29) is 27.9 Å². The number of nitrogens with zero attached hydrogens (tertiary/aromatic N) is 4. The number of hydroxylamine groups is 3. The predicted octanol–water partition coefficient (Wildman–Crippen LogP) is 3.36. The molecule has 0 saturated heterocycles. The Morgan fingerprint density at radius 1 is 0.929 bits per heavy atom. The summed E-state index contributed by atoms with van der Waals surface area (Å²) in [5.41, 5.74) is 1.44. The van der Waals surface area contributed by atoms with Gasteiger partial charge >= 0.3 is 29.8 Å². The van der Waals surface area contributed by atoms with Crippen molar-refractivity contribution in [2.24, 2.45) is 5.16 Å². The molecule has 0 aliphatic carbocycles. The number of aryl methyl sites for hydroxylation is 1. The van der Waals surface area contributed by atoms with Gasteiger partial charge in [-0.25, -0.2) is 24.2 Å². The molecule has 216 valence electrons. The molecule has 2 aromatic carbocycles. The Bertz CT molecular complexity index is 1680. The van der Waals surface area contributed by atoms with Crippen LogP contribution < -0.4 is 19.3 Å². The minimum absolute atomic E-state index is 0.0252. The molecule has 0 unspecified atom stereocenters. The van der Waals surface area contributed by atoms with Gasteiger partial charge in [-0.1, -0.05) is 22.9 Å². The van der Waals surface area contributed by atoms with Gasteiger partial charge < -0.3 is 28.7 Å². The maximum Gasteiger partial charge on any atom is 0.359 e. The molecule has 42 heavy (non-hydrogen) atoms. The van der Waals surface area contributed by atoms with E-state index in [1.807, 2.05) is 6.92 Å². The molecule has 1 aromatic heterocycles. The lowest BCUT2D eigenvalue weighted by Gasteiger charge is -2.28. The van der Waals surface area contributed by atoms with E-state index in [9.17, 15) is 19.2 Å². The second-order valence-corrected chi connectivity index (χ2v) is 9.80. The van der Waals surface area contributed by atoms with Crippen molar-refractivity contribution in [2.75, 3.05) is 19.3 Å². The number of esters is 1. The number of rotatable bonds is 3. The Hall–Kier alpha value is -5.15. The fourth-order valence-corrected chi connectivity index (χ4v) is 4.93. The van der Waals surface area contributed by atoms with Crippen molar-refractivity contribution >= 4 is 68.1 Å². The smallest absolute Gasteiger partial charge is 0.359 e. The minimum atomic E-state index is -1.11. The number of fused-ring (bicyclic) bond motifs is 4. The summed E-state index contributed by atoms with van der Waals surface area (Å²) in [6, 6.07) is 6.30. The van der Waals surface area contributed by atoms with Crippen LogP contribution >= 0.6 is 22.9 Å². The average Bonchev–Trinajstić information content (AvgIpc) is 3.37. The summed E-state index contributed by atoms with van der Waals surface area (Å²) in [7, 11) is 2.70. The third-order valence-electron chi connectivity index (χ3n) is 5.66. The van der Waals surface area contributed by atoms with Crippen LogP contribution in [0.25, 0.3) is 10.2 Å². The maximum absolute atomic E-state index is 12.7. The molecule has 3 aromatic rings. The number of benzene rings is 2. The molecule has 0 radical (unpaired) electrons. The van der Waals surface area contributed by atoms with E-state index in [1.54, 1.807) is 12.1 Å². The van der Waals surface area contributed by atoms with Crippen molar-refractivity contribution in [3.05, 3.63) is 64.7 Å². The Labute approximate surface area is 245 Å². The number of halogens is 1. The van der Waals surface area contributed by atoms with Crippen LogP contribution in [-0.4, -0.2) is 54.1 Å². The van der Waals surface area contributed by atoms with Crippen LogP contribution in [0.2, 0.25) is 5.02 Å². The second-order valence-electron chi connectivity index (χ2n) is 8.38. The van der Waals surface area contributed by atoms with Crippen LogP contribution in [0.1, 0.15) is 11.1 Å². The van der Waals surface area contributed by atoms with E-state index < -0.39 is 36.4 Å². The molecule has 0 N–H and O–H groups in total. The molecule has 3 heterocycles. The molecule has 0 spiro atoms. The standard InChI is InChI=1S/C26H19ClN4O10S/c1-13-10-19-16(11-15(13)27)28-26(42-19)31-25-29-39-21(33)7-6-20(32)38-18-5-4-17(36-2)14(24(18)37-3)12-30(25)40-22(34)8-9-23(35)41-31/h4-11H,12H2,1-3H3/b7-6+,9-8+,29-25-. The lowest BCUT2D eigenvalue weighted by atomic mass is 10.1. The number of hydrogen-bond donors (Lipinski definition) is 0. The quantitative estimate of drug-likeness (QED) is 0.241. The fraction of sp³-hybridized carbons (Fsp3) is 0.154. The van der Waals surface area contributed by atoms with Crippen LogP contribution in [-0.2, 0) is 40.2 Å². The Morgan fingerprint density at radius 2 is 1.64 bits per heavy atom. The van der Waals surface area contributed by atoms with Gasteiger partial charge in [0.25, 0.3) is 0 Å². The van der Waals surface area contributed by atoms with Crippen molar-refractivity contribution in [2.45, 2.75) is 13.5 Å². The number of methoxy groups -OCH3 is 2. The molecule has 5 rings (SSSR count). The zero-order valence-electron chi connectivity index (χ0n) is 22.0. The highest BCUT2D eigenvalue weighted by molar-refractivity contribution is 7.22. The van der Waals surface area contributed by atoms with E-state index >= 15 is 0 Å². The first-order chi connectivity index (χ1) is 20.2. The highest BCUT2D eigenvalue weighted by Gasteiger charge is 2.34. The Morgan fingerprint density at radius 3 is 2.38 bits per heavy atom. The number of carbonyl (C=O) groups excluding carboxylic acids is 4. The van der Waals surface area contributed by atoms with Gasteiger partial charge in [0, 0.05) is 29.3 Å². The number of carbonyl (C=O) groups is 4. The monoisotopic (exact) mass is 614 g/mol. The summed E-state index contributed by atoms with van der Waals surface area (Å²) in [4.78, 5) is 70.7. The first-order valence-corrected chi connectivity index (χ1v) is 13.0. The lowest BCUT2D eigenvalue weighted by Crippen LogP contribution is -2.45. The normalized spacial score (nSPS) is 18.6. The summed E-state index contributed by atoms with van der Waals surface area (Å²) in [5, 5.41) is 5.99. The minimum Gasteiger partial charge on any atom is -0.496 e. The van der Waals surface area contributed by atoms with E-state index in [1.165, 1.54) is 26.4 Å².